The quantitative estimate of drug-likeness (QED) is 0.464. The fraction of sp³-hybridized carbons (Fsp3) is 0.0870. The lowest BCUT2D eigenvalue weighted by molar-refractivity contribution is -0.113. The van der Waals surface area contributed by atoms with E-state index in [4.69, 9.17) is 0 Å². The Balaban J connectivity index is 1.38. The van der Waals surface area contributed by atoms with E-state index in [9.17, 15) is 4.79 Å². The van der Waals surface area contributed by atoms with E-state index >= 15 is 0 Å². The molecule has 0 radical (unpaired) electrons. The van der Waals surface area contributed by atoms with Gasteiger partial charge in [0.05, 0.1) is 11.4 Å². The van der Waals surface area contributed by atoms with Crippen LogP contribution in [0.1, 0.15) is 5.56 Å². The molecule has 3 aromatic carbocycles. The van der Waals surface area contributed by atoms with Crippen LogP contribution in [0.2, 0.25) is 0 Å². The number of thioether (sulfide) groups is 1. The maximum Gasteiger partial charge on any atom is 0.234 e. The van der Waals surface area contributed by atoms with Crippen molar-refractivity contribution in [3.8, 4) is 16.8 Å². The second kappa shape index (κ2) is 8.75. The van der Waals surface area contributed by atoms with Crippen molar-refractivity contribution >= 4 is 23.4 Å². The molecule has 1 amide bonds. The number of carbonyl (C=O) groups excluding carboxylic acids is 1. The zero-order chi connectivity index (χ0) is 20.1. The third kappa shape index (κ3) is 4.55. The van der Waals surface area contributed by atoms with Gasteiger partial charge in [0, 0.05) is 5.69 Å². The zero-order valence-electron chi connectivity index (χ0n) is 15.9. The molecule has 0 aliphatic carbocycles. The monoisotopic (exact) mass is 400 g/mol. The molecule has 1 N–H and O–H groups in total. The first-order valence-electron chi connectivity index (χ1n) is 9.25. The van der Waals surface area contributed by atoms with E-state index in [-0.39, 0.29) is 11.7 Å². The van der Waals surface area contributed by atoms with E-state index in [1.807, 2.05) is 78.2 Å². The summed E-state index contributed by atoms with van der Waals surface area (Å²) in [4.78, 5) is 12.4. The average Bonchev–Trinajstić information content (AvgIpc) is 3.22. The van der Waals surface area contributed by atoms with E-state index in [2.05, 4.69) is 27.6 Å². The number of benzene rings is 3. The van der Waals surface area contributed by atoms with E-state index < -0.39 is 0 Å². The minimum absolute atomic E-state index is 0.0817. The summed E-state index contributed by atoms with van der Waals surface area (Å²) in [7, 11) is 0. The van der Waals surface area contributed by atoms with Gasteiger partial charge in [0.1, 0.15) is 6.33 Å². The largest absolute Gasteiger partial charge is 0.325 e. The van der Waals surface area contributed by atoms with Gasteiger partial charge < -0.3 is 5.32 Å². The van der Waals surface area contributed by atoms with Crippen molar-refractivity contribution in [1.29, 1.82) is 0 Å². The van der Waals surface area contributed by atoms with Crippen molar-refractivity contribution in [3.05, 3.63) is 90.8 Å². The molecular weight excluding hydrogens is 380 g/mol. The highest BCUT2D eigenvalue weighted by Crippen LogP contribution is 2.23. The number of para-hydroxylation sites is 1. The second-order valence-electron chi connectivity index (χ2n) is 6.55. The number of carbonyl (C=O) groups is 1. The average molecular weight is 401 g/mol. The summed E-state index contributed by atoms with van der Waals surface area (Å²) in [6, 6.07) is 26.0. The molecule has 144 valence electrons. The number of amides is 1. The van der Waals surface area contributed by atoms with Gasteiger partial charge in [0.2, 0.25) is 5.91 Å². The number of hydrogen-bond donors (Lipinski definition) is 1. The SMILES string of the molecule is Cc1ccccc1-n1cnnc1SCC(=O)Nc1ccc(-c2ccccc2)cc1. The Kier molecular flexibility index (Phi) is 5.72. The van der Waals surface area contributed by atoms with Crippen LogP contribution in [-0.2, 0) is 4.79 Å². The number of rotatable bonds is 6. The van der Waals surface area contributed by atoms with Gasteiger partial charge in [-0.25, -0.2) is 0 Å². The Labute approximate surface area is 173 Å². The first kappa shape index (κ1) is 19.0. The third-order valence-corrected chi connectivity index (χ3v) is 5.44. The normalized spacial score (nSPS) is 10.7. The topological polar surface area (TPSA) is 59.8 Å². The van der Waals surface area contributed by atoms with Crippen LogP contribution in [0.3, 0.4) is 0 Å². The van der Waals surface area contributed by atoms with Gasteiger partial charge in [-0.15, -0.1) is 10.2 Å². The highest BCUT2D eigenvalue weighted by Gasteiger charge is 2.11. The minimum atomic E-state index is -0.0817. The fourth-order valence-corrected chi connectivity index (χ4v) is 3.75. The van der Waals surface area contributed by atoms with Crippen LogP contribution in [0.4, 0.5) is 5.69 Å². The first-order valence-corrected chi connectivity index (χ1v) is 10.2. The molecule has 0 unspecified atom stereocenters. The molecule has 0 saturated heterocycles. The Morgan fingerprint density at radius 2 is 1.62 bits per heavy atom. The molecule has 1 heterocycles. The predicted octanol–water partition coefficient (Wildman–Crippen LogP) is 4.97. The highest BCUT2D eigenvalue weighted by molar-refractivity contribution is 7.99. The van der Waals surface area contributed by atoms with E-state index in [1.165, 1.54) is 11.8 Å². The lowest BCUT2D eigenvalue weighted by atomic mass is 10.1. The maximum absolute atomic E-state index is 12.4. The molecule has 29 heavy (non-hydrogen) atoms. The summed E-state index contributed by atoms with van der Waals surface area (Å²) >= 11 is 1.36. The molecule has 0 aliphatic rings. The standard InChI is InChI=1S/C23H20N4OS/c1-17-7-5-6-10-21(17)27-16-24-26-23(27)29-15-22(28)25-20-13-11-19(12-14-20)18-8-3-2-4-9-18/h2-14,16H,15H2,1H3,(H,25,28). The number of hydrogen-bond acceptors (Lipinski definition) is 4. The lowest BCUT2D eigenvalue weighted by Gasteiger charge is -2.09. The van der Waals surface area contributed by atoms with E-state index in [0.29, 0.717) is 5.16 Å². The van der Waals surface area contributed by atoms with Gasteiger partial charge in [-0.3, -0.25) is 9.36 Å². The summed E-state index contributed by atoms with van der Waals surface area (Å²) in [5.74, 6) is 0.173. The van der Waals surface area contributed by atoms with E-state index in [1.54, 1.807) is 6.33 Å². The Hall–Kier alpha value is -3.38. The van der Waals surface area contributed by atoms with Gasteiger partial charge >= 0.3 is 0 Å². The maximum atomic E-state index is 12.4. The fourth-order valence-electron chi connectivity index (χ4n) is 3.03. The van der Waals surface area contributed by atoms with Crippen LogP contribution in [0, 0.1) is 6.92 Å². The van der Waals surface area contributed by atoms with Crippen molar-refractivity contribution in [2.75, 3.05) is 11.1 Å². The summed E-state index contributed by atoms with van der Waals surface area (Å²) in [6.45, 7) is 2.04. The molecular formula is C23H20N4OS. The summed E-state index contributed by atoms with van der Waals surface area (Å²) in [5, 5.41) is 11.8. The van der Waals surface area contributed by atoms with Crippen molar-refractivity contribution in [2.45, 2.75) is 12.1 Å². The number of nitrogens with zero attached hydrogens (tertiary/aromatic N) is 3. The molecule has 6 heteroatoms. The zero-order valence-corrected chi connectivity index (χ0v) is 16.8. The van der Waals surface area contributed by atoms with Crippen LogP contribution in [0.5, 0.6) is 0 Å². The Morgan fingerprint density at radius 1 is 0.931 bits per heavy atom. The van der Waals surface area contributed by atoms with Gasteiger partial charge in [-0.1, -0.05) is 72.4 Å². The second-order valence-corrected chi connectivity index (χ2v) is 7.49. The van der Waals surface area contributed by atoms with Crippen LogP contribution in [0.25, 0.3) is 16.8 Å². The molecule has 0 aliphatic heterocycles. The lowest BCUT2D eigenvalue weighted by Crippen LogP contribution is -2.14. The summed E-state index contributed by atoms with van der Waals surface area (Å²) in [5.41, 5.74) is 5.17. The molecule has 4 aromatic rings. The van der Waals surface area contributed by atoms with Gasteiger partial charge in [0.15, 0.2) is 5.16 Å². The predicted molar refractivity (Wildman–Crippen MR) is 117 cm³/mol. The van der Waals surface area contributed by atoms with E-state index in [0.717, 1.165) is 28.1 Å². The Morgan fingerprint density at radius 3 is 2.38 bits per heavy atom. The molecule has 5 nitrogen and oxygen atoms in total. The van der Waals surface area contributed by atoms with Crippen molar-refractivity contribution in [2.24, 2.45) is 0 Å². The summed E-state index contributed by atoms with van der Waals surface area (Å²) in [6.07, 6.45) is 1.67. The molecule has 0 fully saturated rings. The molecule has 0 atom stereocenters. The van der Waals surface area contributed by atoms with Crippen LogP contribution >= 0.6 is 11.8 Å². The number of aryl methyl sites for hydroxylation is 1. The number of aromatic nitrogens is 3. The smallest absolute Gasteiger partial charge is 0.234 e. The number of anilines is 1. The number of nitrogens with one attached hydrogen (secondary N) is 1. The summed E-state index contributed by atoms with van der Waals surface area (Å²) < 4.78 is 1.90. The van der Waals surface area contributed by atoms with Crippen molar-refractivity contribution < 1.29 is 4.79 Å². The first-order chi connectivity index (χ1) is 14.2. The molecule has 1 aromatic heterocycles. The molecule has 0 saturated carbocycles. The van der Waals surface area contributed by atoms with Gasteiger partial charge in [-0.05, 0) is 41.8 Å². The van der Waals surface area contributed by atoms with Crippen LogP contribution < -0.4 is 5.32 Å². The molecule has 0 bridgehead atoms. The van der Waals surface area contributed by atoms with Crippen LogP contribution in [0.15, 0.2) is 90.3 Å². The Bertz CT molecular complexity index is 1110. The minimum Gasteiger partial charge on any atom is -0.325 e. The van der Waals surface area contributed by atoms with Crippen LogP contribution in [-0.4, -0.2) is 26.4 Å². The highest BCUT2D eigenvalue weighted by atomic mass is 32.2. The third-order valence-electron chi connectivity index (χ3n) is 4.50. The van der Waals surface area contributed by atoms with Crippen molar-refractivity contribution in [3.63, 3.8) is 0 Å². The molecule has 4 rings (SSSR count). The van der Waals surface area contributed by atoms with Gasteiger partial charge in [0.25, 0.3) is 0 Å². The van der Waals surface area contributed by atoms with Crippen molar-refractivity contribution in [1.82, 2.24) is 14.8 Å². The molecule has 0 spiro atoms. The van der Waals surface area contributed by atoms with Gasteiger partial charge in [-0.2, -0.15) is 0 Å².